The van der Waals surface area contributed by atoms with Gasteiger partial charge >= 0.3 is 10.4 Å². The Kier molecular flexibility index (Phi) is 7.91. The van der Waals surface area contributed by atoms with Crippen LogP contribution in [0.25, 0.3) is 0 Å². The van der Waals surface area contributed by atoms with Gasteiger partial charge in [-0.1, -0.05) is 0 Å². The lowest BCUT2D eigenvalue weighted by atomic mass is 10.9. The molecule has 0 saturated carbocycles. The van der Waals surface area contributed by atoms with E-state index in [1.165, 1.54) is 0 Å². The second kappa shape index (κ2) is 6.50. The van der Waals surface area contributed by atoms with Crippen LogP contribution in [0.3, 0.4) is 0 Å². The highest BCUT2D eigenvalue weighted by Gasteiger charge is 2.06. The SMILES string of the molecule is CCOCOS(=O)(=O)OC.N. The normalized spacial score (nSPS) is 10.7. The van der Waals surface area contributed by atoms with E-state index in [-0.39, 0.29) is 12.9 Å². The Balaban J connectivity index is 0. The van der Waals surface area contributed by atoms with Crippen LogP contribution in [0.5, 0.6) is 0 Å². The van der Waals surface area contributed by atoms with Crippen molar-refractivity contribution >= 4 is 10.4 Å². The van der Waals surface area contributed by atoms with E-state index in [2.05, 4.69) is 13.1 Å². The Morgan fingerprint density at radius 1 is 1.36 bits per heavy atom. The van der Waals surface area contributed by atoms with Crippen molar-refractivity contribution in [1.29, 1.82) is 0 Å². The van der Waals surface area contributed by atoms with Gasteiger partial charge in [0.15, 0.2) is 6.79 Å². The van der Waals surface area contributed by atoms with Gasteiger partial charge in [-0.05, 0) is 6.92 Å². The summed E-state index contributed by atoms with van der Waals surface area (Å²) in [5.74, 6) is 0. The van der Waals surface area contributed by atoms with Crippen LogP contribution in [0, 0.1) is 0 Å². The molecule has 0 radical (unpaired) electrons. The lowest BCUT2D eigenvalue weighted by molar-refractivity contribution is 0.0177. The van der Waals surface area contributed by atoms with Gasteiger partial charge in [-0.3, -0.25) is 4.18 Å². The summed E-state index contributed by atoms with van der Waals surface area (Å²) in [4.78, 5) is 0. The molecule has 0 aromatic rings. The van der Waals surface area contributed by atoms with Crippen LogP contribution in [0.15, 0.2) is 0 Å². The number of ether oxygens (including phenoxy) is 1. The standard InChI is InChI=1S/C4H10O5S.H3N/c1-3-8-4-9-10(5,6)7-2;/h3-4H2,1-2H3;1H3. The van der Waals surface area contributed by atoms with E-state index in [9.17, 15) is 8.42 Å². The van der Waals surface area contributed by atoms with E-state index in [4.69, 9.17) is 0 Å². The lowest BCUT2D eigenvalue weighted by Crippen LogP contribution is -2.10. The van der Waals surface area contributed by atoms with Gasteiger partial charge in [0.2, 0.25) is 0 Å². The van der Waals surface area contributed by atoms with Gasteiger partial charge in [-0.2, -0.15) is 8.42 Å². The van der Waals surface area contributed by atoms with E-state index in [1.54, 1.807) is 6.92 Å². The summed E-state index contributed by atoms with van der Waals surface area (Å²) in [6.45, 7) is 1.83. The minimum atomic E-state index is -3.82. The molecule has 0 rings (SSSR count). The molecular weight excluding hydrogens is 174 g/mol. The molecule has 0 aliphatic rings. The van der Waals surface area contributed by atoms with E-state index in [0.29, 0.717) is 6.61 Å². The third-order valence-electron chi connectivity index (χ3n) is 0.684. The molecule has 0 aromatic heterocycles. The van der Waals surface area contributed by atoms with Crippen molar-refractivity contribution in [2.45, 2.75) is 6.92 Å². The molecule has 0 amide bonds. The van der Waals surface area contributed by atoms with Gasteiger partial charge in [0.25, 0.3) is 0 Å². The first-order chi connectivity index (χ1) is 4.62. The van der Waals surface area contributed by atoms with Gasteiger partial charge in [0.05, 0.1) is 7.11 Å². The van der Waals surface area contributed by atoms with Crippen molar-refractivity contribution in [1.82, 2.24) is 6.15 Å². The molecule has 0 fully saturated rings. The van der Waals surface area contributed by atoms with E-state index in [1.807, 2.05) is 0 Å². The second-order valence-electron chi connectivity index (χ2n) is 1.30. The minimum absolute atomic E-state index is 0. The number of hydrogen-bond donors (Lipinski definition) is 1. The quantitative estimate of drug-likeness (QED) is 0.482. The van der Waals surface area contributed by atoms with Crippen LogP contribution in [-0.4, -0.2) is 28.9 Å². The van der Waals surface area contributed by atoms with Crippen molar-refractivity contribution in [3.63, 3.8) is 0 Å². The molecule has 11 heavy (non-hydrogen) atoms. The molecule has 3 N–H and O–H groups in total. The molecule has 0 unspecified atom stereocenters. The van der Waals surface area contributed by atoms with Crippen LogP contribution in [0.2, 0.25) is 0 Å². The number of rotatable bonds is 5. The van der Waals surface area contributed by atoms with Gasteiger partial charge in [-0.25, -0.2) is 4.18 Å². The Bertz CT molecular complexity index is 165. The fourth-order valence-electron chi connectivity index (χ4n) is 0.224. The first-order valence-electron chi connectivity index (χ1n) is 2.65. The third-order valence-corrected chi connectivity index (χ3v) is 1.48. The fourth-order valence-corrected chi connectivity index (χ4v) is 0.507. The molecule has 0 bridgehead atoms. The highest BCUT2D eigenvalue weighted by atomic mass is 32.3. The Hall–Kier alpha value is -0.210. The van der Waals surface area contributed by atoms with Crippen LogP contribution >= 0.6 is 0 Å². The van der Waals surface area contributed by atoms with Crippen LogP contribution in [0.4, 0.5) is 0 Å². The highest BCUT2D eigenvalue weighted by Crippen LogP contribution is 1.92. The predicted octanol–water partition coefficient (Wildman–Crippen LogP) is 0.0502. The van der Waals surface area contributed by atoms with Gasteiger partial charge in [0.1, 0.15) is 0 Å². The first kappa shape index (κ1) is 13.4. The summed E-state index contributed by atoms with van der Waals surface area (Å²) in [5.41, 5.74) is 0. The molecule has 0 atom stereocenters. The summed E-state index contributed by atoms with van der Waals surface area (Å²) in [6.07, 6.45) is 0. The van der Waals surface area contributed by atoms with Crippen LogP contribution in [-0.2, 0) is 23.5 Å². The predicted molar refractivity (Wildman–Crippen MR) is 38.5 cm³/mol. The fraction of sp³-hybridized carbons (Fsp3) is 1.00. The zero-order valence-corrected chi connectivity index (χ0v) is 7.39. The highest BCUT2D eigenvalue weighted by molar-refractivity contribution is 7.81. The topological polar surface area (TPSA) is 96.8 Å². The zero-order chi connectivity index (χ0) is 8.04. The summed E-state index contributed by atoms with van der Waals surface area (Å²) in [5, 5.41) is 0. The van der Waals surface area contributed by atoms with Crippen molar-refractivity contribution in [2.75, 3.05) is 20.5 Å². The van der Waals surface area contributed by atoms with Crippen molar-refractivity contribution in [2.24, 2.45) is 0 Å². The van der Waals surface area contributed by atoms with Crippen LogP contribution in [0.1, 0.15) is 6.92 Å². The molecule has 0 saturated heterocycles. The van der Waals surface area contributed by atoms with Gasteiger partial charge in [-0.15, -0.1) is 0 Å². The first-order valence-corrected chi connectivity index (χ1v) is 3.98. The Labute approximate surface area is 66.4 Å². The average Bonchev–Trinajstić information content (AvgIpc) is 1.89. The molecule has 0 aliphatic heterocycles. The molecule has 70 valence electrons. The zero-order valence-electron chi connectivity index (χ0n) is 6.57. The van der Waals surface area contributed by atoms with Gasteiger partial charge in [0, 0.05) is 6.61 Å². The maximum absolute atomic E-state index is 10.3. The maximum atomic E-state index is 10.3. The van der Waals surface area contributed by atoms with Gasteiger partial charge < -0.3 is 10.9 Å². The van der Waals surface area contributed by atoms with E-state index in [0.717, 1.165) is 7.11 Å². The summed E-state index contributed by atoms with van der Waals surface area (Å²) >= 11 is 0. The summed E-state index contributed by atoms with van der Waals surface area (Å²) in [6, 6.07) is 0. The van der Waals surface area contributed by atoms with Crippen molar-refractivity contribution in [3.05, 3.63) is 0 Å². The van der Waals surface area contributed by atoms with E-state index >= 15 is 0 Å². The molecule has 6 nitrogen and oxygen atoms in total. The average molecular weight is 187 g/mol. The Morgan fingerprint density at radius 2 is 1.91 bits per heavy atom. The third kappa shape index (κ3) is 7.69. The molecule has 0 aromatic carbocycles. The van der Waals surface area contributed by atoms with Crippen LogP contribution < -0.4 is 6.15 Å². The second-order valence-corrected chi connectivity index (χ2v) is 2.69. The minimum Gasteiger partial charge on any atom is -0.354 e. The van der Waals surface area contributed by atoms with E-state index < -0.39 is 10.4 Å². The molecular formula is C4H13NO5S. The smallest absolute Gasteiger partial charge is 0.354 e. The van der Waals surface area contributed by atoms with Crippen molar-refractivity contribution < 1.29 is 21.5 Å². The molecule has 0 spiro atoms. The molecule has 0 heterocycles. The lowest BCUT2D eigenvalue weighted by Gasteiger charge is -2.00. The summed E-state index contributed by atoms with van der Waals surface area (Å²) < 4.78 is 33.4. The summed E-state index contributed by atoms with van der Waals surface area (Å²) in [7, 11) is -2.80. The molecule has 7 heteroatoms. The van der Waals surface area contributed by atoms with Crippen molar-refractivity contribution in [3.8, 4) is 0 Å². The monoisotopic (exact) mass is 187 g/mol. The number of hydrogen-bond acceptors (Lipinski definition) is 6. The maximum Gasteiger partial charge on any atom is 0.401 e. The largest absolute Gasteiger partial charge is 0.401 e. The Morgan fingerprint density at radius 3 is 2.27 bits per heavy atom. The molecule has 0 aliphatic carbocycles.